The average Bonchev–Trinajstić information content (AvgIpc) is 2.38. The minimum absolute atomic E-state index is 0.0756. The summed E-state index contributed by atoms with van der Waals surface area (Å²) in [6.07, 6.45) is 0.388. The van der Waals surface area contributed by atoms with E-state index in [1.807, 2.05) is 13.0 Å². The van der Waals surface area contributed by atoms with Crippen molar-refractivity contribution < 1.29 is 9.53 Å². The zero-order valence-corrected chi connectivity index (χ0v) is 15.1. The van der Waals surface area contributed by atoms with Gasteiger partial charge in [-0.2, -0.15) is 0 Å². The first-order chi connectivity index (χ1) is 9.81. The molecular formula is C16H25BrN2O2. The highest BCUT2D eigenvalue weighted by Crippen LogP contribution is 2.28. The van der Waals surface area contributed by atoms with Gasteiger partial charge in [-0.15, -0.1) is 0 Å². The van der Waals surface area contributed by atoms with Crippen LogP contribution in [-0.2, 0) is 11.3 Å². The normalized spacial score (nSPS) is 10.8. The third-order valence-electron chi connectivity index (χ3n) is 3.08. The summed E-state index contributed by atoms with van der Waals surface area (Å²) in [7, 11) is 3.51. The number of halogens is 1. The molecule has 0 unspecified atom stereocenters. The van der Waals surface area contributed by atoms with Crippen LogP contribution in [0.4, 0.5) is 0 Å². The second-order valence-corrected chi connectivity index (χ2v) is 6.55. The minimum Gasteiger partial charge on any atom is -0.492 e. The van der Waals surface area contributed by atoms with Crippen molar-refractivity contribution in [3.05, 3.63) is 27.7 Å². The van der Waals surface area contributed by atoms with Crippen molar-refractivity contribution in [1.82, 2.24) is 10.2 Å². The van der Waals surface area contributed by atoms with Crippen LogP contribution in [0.1, 0.15) is 31.4 Å². The maximum atomic E-state index is 11.6. The Bertz CT molecular complexity index is 487. The standard InChI is InChI=1S/C16H25BrN2O2/c1-11(2)18-10-13-9-14(17)8-12(3)16(13)21-7-6-15(20)19(4)5/h8-9,11,18H,6-7,10H2,1-5H3. The second kappa shape index (κ2) is 8.39. The SMILES string of the molecule is Cc1cc(Br)cc(CNC(C)C)c1OCCC(=O)N(C)C. The van der Waals surface area contributed by atoms with E-state index in [1.54, 1.807) is 19.0 Å². The van der Waals surface area contributed by atoms with Crippen molar-refractivity contribution in [1.29, 1.82) is 0 Å². The fourth-order valence-electron chi connectivity index (χ4n) is 1.92. The number of hydrogen-bond acceptors (Lipinski definition) is 3. The van der Waals surface area contributed by atoms with Gasteiger partial charge in [-0.3, -0.25) is 4.79 Å². The summed E-state index contributed by atoms with van der Waals surface area (Å²) in [5.41, 5.74) is 2.18. The lowest BCUT2D eigenvalue weighted by atomic mass is 10.1. The maximum absolute atomic E-state index is 11.6. The lowest BCUT2D eigenvalue weighted by molar-refractivity contribution is -0.129. The molecule has 1 aromatic carbocycles. The Balaban J connectivity index is 2.77. The van der Waals surface area contributed by atoms with Crippen molar-refractivity contribution in [2.45, 2.75) is 39.8 Å². The molecule has 0 aromatic heterocycles. The monoisotopic (exact) mass is 356 g/mol. The van der Waals surface area contributed by atoms with Crippen LogP contribution in [0.15, 0.2) is 16.6 Å². The lowest BCUT2D eigenvalue weighted by Crippen LogP contribution is -2.24. The van der Waals surface area contributed by atoms with Gasteiger partial charge in [-0.1, -0.05) is 29.8 Å². The topological polar surface area (TPSA) is 41.6 Å². The molecule has 4 nitrogen and oxygen atoms in total. The van der Waals surface area contributed by atoms with E-state index in [2.05, 4.69) is 41.2 Å². The Hall–Kier alpha value is -1.07. The van der Waals surface area contributed by atoms with Gasteiger partial charge in [-0.25, -0.2) is 0 Å². The van der Waals surface area contributed by atoms with Gasteiger partial charge in [0.05, 0.1) is 13.0 Å². The van der Waals surface area contributed by atoms with E-state index in [1.165, 1.54) is 0 Å². The van der Waals surface area contributed by atoms with E-state index in [0.29, 0.717) is 19.1 Å². The molecule has 0 heterocycles. The summed E-state index contributed by atoms with van der Waals surface area (Å²) in [4.78, 5) is 13.2. The van der Waals surface area contributed by atoms with Gasteiger partial charge in [0.1, 0.15) is 5.75 Å². The first-order valence-corrected chi connectivity index (χ1v) is 7.96. The smallest absolute Gasteiger partial charge is 0.225 e. The van der Waals surface area contributed by atoms with Gasteiger partial charge in [0, 0.05) is 36.7 Å². The van der Waals surface area contributed by atoms with Gasteiger partial charge in [-0.05, 0) is 24.6 Å². The lowest BCUT2D eigenvalue weighted by Gasteiger charge is -2.17. The van der Waals surface area contributed by atoms with Crippen LogP contribution in [0.5, 0.6) is 5.75 Å². The summed E-state index contributed by atoms with van der Waals surface area (Å²) in [6.45, 7) is 7.39. The van der Waals surface area contributed by atoms with E-state index in [4.69, 9.17) is 4.74 Å². The van der Waals surface area contributed by atoms with Gasteiger partial charge in [0.15, 0.2) is 0 Å². The van der Waals surface area contributed by atoms with E-state index in [-0.39, 0.29) is 5.91 Å². The molecule has 1 amide bonds. The highest BCUT2D eigenvalue weighted by molar-refractivity contribution is 9.10. The summed E-state index contributed by atoms with van der Waals surface area (Å²) < 4.78 is 6.91. The predicted octanol–water partition coefficient (Wildman–Crippen LogP) is 3.11. The first-order valence-electron chi connectivity index (χ1n) is 7.16. The molecule has 0 aliphatic heterocycles. The summed E-state index contributed by atoms with van der Waals surface area (Å²) in [5.74, 6) is 0.949. The van der Waals surface area contributed by atoms with Crippen molar-refractivity contribution in [3.8, 4) is 5.75 Å². The minimum atomic E-state index is 0.0756. The number of nitrogens with zero attached hydrogens (tertiary/aromatic N) is 1. The number of benzene rings is 1. The van der Waals surface area contributed by atoms with Crippen LogP contribution in [0, 0.1) is 6.92 Å². The molecule has 0 bridgehead atoms. The molecule has 0 radical (unpaired) electrons. The quantitative estimate of drug-likeness (QED) is 0.815. The fourth-order valence-corrected chi connectivity index (χ4v) is 2.53. The molecule has 0 aliphatic carbocycles. The second-order valence-electron chi connectivity index (χ2n) is 5.63. The Morgan fingerprint density at radius 1 is 1.38 bits per heavy atom. The maximum Gasteiger partial charge on any atom is 0.225 e. The number of carbonyl (C=O) groups excluding carboxylic acids is 1. The Labute approximate surface area is 136 Å². The van der Waals surface area contributed by atoms with Crippen LogP contribution in [0.3, 0.4) is 0 Å². The third-order valence-corrected chi connectivity index (χ3v) is 3.54. The van der Waals surface area contributed by atoms with E-state index in [0.717, 1.165) is 27.9 Å². The number of aryl methyl sites for hydroxylation is 1. The molecule has 1 rings (SSSR count). The van der Waals surface area contributed by atoms with Crippen LogP contribution < -0.4 is 10.1 Å². The molecule has 21 heavy (non-hydrogen) atoms. The first kappa shape index (κ1) is 18.0. The fraction of sp³-hybridized carbons (Fsp3) is 0.562. The van der Waals surface area contributed by atoms with Gasteiger partial charge in [0.25, 0.3) is 0 Å². The highest BCUT2D eigenvalue weighted by Gasteiger charge is 2.11. The molecule has 5 heteroatoms. The molecule has 0 saturated carbocycles. The number of carbonyl (C=O) groups is 1. The molecule has 0 atom stereocenters. The van der Waals surface area contributed by atoms with E-state index < -0.39 is 0 Å². The highest BCUT2D eigenvalue weighted by atomic mass is 79.9. The predicted molar refractivity (Wildman–Crippen MR) is 89.7 cm³/mol. The zero-order chi connectivity index (χ0) is 16.0. The molecule has 0 aliphatic rings. The van der Waals surface area contributed by atoms with Gasteiger partial charge < -0.3 is 15.0 Å². The Morgan fingerprint density at radius 2 is 2.05 bits per heavy atom. The van der Waals surface area contributed by atoms with Crippen molar-refractivity contribution in [3.63, 3.8) is 0 Å². The molecule has 1 aromatic rings. The molecule has 118 valence electrons. The molecular weight excluding hydrogens is 332 g/mol. The van der Waals surface area contributed by atoms with E-state index >= 15 is 0 Å². The number of amides is 1. The Morgan fingerprint density at radius 3 is 2.62 bits per heavy atom. The van der Waals surface area contributed by atoms with E-state index in [9.17, 15) is 4.79 Å². The van der Waals surface area contributed by atoms with Gasteiger partial charge in [0.2, 0.25) is 5.91 Å². The average molecular weight is 357 g/mol. The van der Waals surface area contributed by atoms with Crippen LogP contribution in [0.2, 0.25) is 0 Å². The van der Waals surface area contributed by atoms with Crippen molar-refractivity contribution in [2.75, 3.05) is 20.7 Å². The number of nitrogens with one attached hydrogen (secondary N) is 1. The van der Waals surface area contributed by atoms with Crippen molar-refractivity contribution in [2.24, 2.45) is 0 Å². The summed E-state index contributed by atoms with van der Waals surface area (Å²) in [5, 5.41) is 3.40. The molecule has 0 saturated heterocycles. The number of ether oxygens (including phenoxy) is 1. The summed E-state index contributed by atoms with van der Waals surface area (Å²) >= 11 is 3.52. The van der Waals surface area contributed by atoms with Crippen molar-refractivity contribution >= 4 is 21.8 Å². The Kier molecular flexibility index (Phi) is 7.18. The third kappa shape index (κ3) is 6.06. The molecule has 1 N–H and O–H groups in total. The number of rotatable bonds is 7. The van der Waals surface area contributed by atoms with Crippen LogP contribution >= 0.6 is 15.9 Å². The summed E-state index contributed by atoms with van der Waals surface area (Å²) in [6, 6.07) is 4.50. The molecule has 0 fully saturated rings. The van der Waals surface area contributed by atoms with Crippen LogP contribution in [-0.4, -0.2) is 37.6 Å². The zero-order valence-electron chi connectivity index (χ0n) is 13.5. The van der Waals surface area contributed by atoms with Gasteiger partial charge >= 0.3 is 0 Å². The largest absolute Gasteiger partial charge is 0.492 e. The molecule has 0 spiro atoms. The van der Waals surface area contributed by atoms with Crippen LogP contribution in [0.25, 0.3) is 0 Å². The number of hydrogen-bond donors (Lipinski definition) is 1.